The van der Waals surface area contributed by atoms with Crippen molar-refractivity contribution in [1.82, 2.24) is 9.97 Å². The first-order chi connectivity index (χ1) is 7.78. The second-order valence-electron chi connectivity index (χ2n) is 3.92. The van der Waals surface area contributed by atoms with Crippen LogP contribution in [0.1, 0.15) is 31.4 Å². The molecule has 2 rings (SSSR count). The molecule has 4 heteroatoms. The summed E-state index contributed by atoms with van der Waals surface area (Å²) in [5.41, 5.74) is 0.529. The Morgan fingerprint density at radius 3 is 2.81 bits per heavy atom. The molecular weight excluding hydrogens is 204 g/mol. The van der Waals surface area contributed by atoms with Crippen LogP contribution in [-0.2, 0) is 0 Å². The SMILES string of the molecule is C#Cc1ccnc(OC2CCC(O)CC2)n1. The molecule has 1 aliphatic carbocycles. The average molecular weight is 218 g/mol. The van der Waals surface area contributed by atoms with Crippen molar-refractivity contribution in [3.63, 3.8) is 0 Å². The normalized spacial score (nSPS) is 24.8. The van der Waals surface area contributed by atoms with Gasteiger partial charge in [0.1, 0.15) is 11.8 Å². The largest absolute Gasteiger partial charge is 0.460 e. The average Bonchev–Trinajstić information content (AvgIpc) is 2.32. The van der Waals surface area contributed by atoms with E-state index in [4.69, 9.17) is 11.2 Å². The van der Waals surface area contributed by atoms with Crippen LogP contribution in [0.4, 0.5) is 0 Å². The standard InChI is InChI=1S/C12H14N2O2/c1-2-9-7-8-13-12(14-9)16-11-5-3-10(15)4-6-11/h1,7-8,10-11,15H,3-6H2. The predicted molar refractivity (Wildman–Crippen MR) is 58.9 cm³/mol. The van der Waals surface area contributed by atoms with E-state index in [9.17, 15) is 5.11 Å². The van der Waals surface area contributed by atoms with Crippen molar-refractivity contribution in [2.75, 3.05) is 0 Å². The number of hydrogen-bond acceptors (Lipinski definition) is 4. The first-order valence-corrected chi connectivity index (χ1v) is 5.42. The van der Waals surface area contributed by atoms with E-state index in [1.165, 1.54) is 0 Å². The molecule has 1 fully saturated rings. The Bertz CT molecular complexity index is 392. The molecule has 0 saturated heterocycles. The fourth-order valence-electron chi connectivity index (χ4n) is 1.79. The van der Waals surface area contributed by atoms with Crippen molar-refractivity contribution >= 4 is 0 Å². The lowest BCUT2D eigenvalue weighted by atomic mass is 9.95. The summed E-state index contributed by atoms with van der Waals surface area (Å²) < 4.78 is 5.62. The molecule has 1 heterocycles. The van der Waals surface area contributed by atoms with E-state index >= 15 is 0 Å². The number of nitrogens with zero attached hydrogens (tertiary/aromatic N) is 2. The van der Waals surface area contributed by atoms with E-state index in [-0.39, 0.29) is 12.2 Å². The first kappa shape index (κ1) is 10.9. The minimum absolute atomic E-state index is 0.0939. The number of hydrogen-bond donors (Lipinski definition) is 1. The lowest BCUT2D eigenvalue weighted by molar-refractivity contribution is 0.0618. The van der Waals surface area contributed by atoms with Crippen LogP contribution in [0.5, 0.6) is 6.01 Å². The molecular formula is C12H14N2O2. The highest BCUT2D eigenvalue weighted by Crippen LogP contribution is 2.21. The minimum atomic E-state index is -0.183. The van der Waals surface area contributed by atoms with Crippen molar-refractivity contribution in [2.24, 2.45) is 0 Å². The van der Waals surface area contributed by atoms with Gasteiger partial charge in [-0.15, -0.1) is 6.42 Å². The number of aliphatic hydroxyl groups excluding tert-OH is 1. The fraction of sp³-hybridized carbons (Fsp3) is 0.500. The van der Waals surface area contributed by atoms with Gasteiger partial charge in [-0.1, -0.05) is 0 Å². The third-order valence-corrected chi connectivity index (χ3v) is 2.70. The molecule has 1 saturated carbocycles. The summed E-state index contributed by atoms with van der Waals surface area (Å²) in [5, 5.41) is 9.36. The van der Waals surface area contributed by atoms with Crippen LogP contribution < -0.4 is 4.74 Å². The van der Waals surface area contributed by atoms with Crippen molar-refractivity contribution in [2.45, 2.75) is 37.9 Å². The molecule has 0 unspecified atom stereocenters. The highest BCUT2D eigenvalue weighted by Gasteiger charge is 2.21. The van der Waals surface area contributed by atoms with Crippen LogP contribution in [0.15, 0.2) is 12.3 Å². The van der Waals surface area contributed by atoms with Gasteiger partial charge in [0, 0.05) is 6.20 Å². The van der Waals surface area contributed by atoms with Crippen LogP contribution in [0.3, 0.4) is 0 Å². The Labute approximate surface area is 94.7 Å². The van der Waals surface area contributed by atoms with Crippen molar-refractivity contribution in [1.29, 1.82) is 0 Å². The molecule has 1 aliphatic rings. The summed E-state index contributed by atoms with van der Waals surface area (Å²) in [4.78, 5) is 8.08. The quantitative estimate of drug-likeness (QED) is 0.756. The Balaban J connectivity index is 1.96. The highest BCUT2D eigenvalue weighted by atomic mass is 16.5. The summed E-state index contributed by atoms with van der Waals surface area (Å²) in [7, 11) is 0. The molecule has 0 amide bonds. The Morgan fingerprint density at radius 2 is 2.12 bits per heavy atom. The van der Waals surface area contributed by atoms with Crippen LogP contribution in [0.2, 0.25) is 0 Å². The molecule has 0 aromatic carbocycles. The number of ether oxygens (including phenoxy) is 1. The van der Waals surface area contributed by atoms with E-state index in [2.05, 4.69) is 15.9 Å². The van der Waals surface area contributed by atoms with Gasteiger partial charge in [-0.3, -0.25) is 0 Å². The highest BCUT2D eigenvalue weighted by molar-refractivity contribution is 5.23. The molecule has 84 valence electrons. The van der Waals surface area contributed by atoms with Gasteiger partial charge in [-0.05, 0) is 37.7 Å². The molecule has 0 radical (unpaired) electrons. The third kappa shape index (κ3) is 2.71. The topological polar surface area (TPSA) is 55.2 Å². The lowest BCUT2D eigenvalue weighted by Gasteiger charge is -2.25. The predicted octanol–water partition coefficient (Wildman–Crippen LogP) is 1.14. The zero-order chi connectivity index (χ0) is 11.4. The van der Waals surface area contributed by atoms with Crippen molar-refractivity contribution in [3.8, 4) is 18.4 Å². The van der Waals surface area contributed by atoms with Gasteiger partial charge in [-0.25, -0.2) is 4.98 Å². The lowest BCUT2D eigenvalue weighted by Crippen LogP contribution is -2.27. The molecule has 1 aromatic rings. The van der Waals surface area contributed by atoms with Gasteiger partial charge < -0.3 is 9.84 Å². The van der Waals surface area contributed by atoms with E-state index in [1.807, 2.05) is 0 Å². The molecule has 4 nitrogen and oxygen atoms in total. The molecule has 1 N–H and O–H groups in total. The third-order valence-electron chi connectivity index (χ3n) is 2.70. The summed E-state index contributed by atoms with van der Waals surface area (Å²) in [6, 6.07) is 1.99. The van der Waals surface area contributed by atoms with Gasteiger partial charge in [0.05, 0.1) is 6.10 Å². The van der Waals surface area contributed by atoms with Crippen LogP contribution in [-0.4, -0.2) is 27.3 Å². The zero-order valence-corrected chi connectivity index (χ0v) is 8.97. The molecule has 1 aromatic heterocycles. The maximum absolute atomic E-state index is 9.36. The monoisotopic (exact) mass is 218 g/mol. The van der Waals surface area contributed by atoms with Crippen LogP contribution in [0.25, 0.3) is 0 Å². The zero-order valence-electron chi connectivity index (χ0n) is 8.97. The van der Waals surface area contributed by atoms with E-state index in [0.29, 0.717) is 11.7 Å². The second-order valence-corrected chi connectivity index (χ2v) is 3.92. The molecule has 0 atom stereocenters. The maximum atomic E-state index is 9.36. The van der Waals surface area contributed by atoms with E-state index < -0.39 is 0 Å². The molecule has 0 aliphatic heterocycles. The van der Waals surface area contributed by atoms with Gasteiger partial charge in [0.15, 0.2) is 0 Å². The minimum Gasteiger partial charge on any atom is -0.460 e. The summed E-state index contributed by atoms with van der Waals surface area (Å²) in [5.74, 6) is 2.44. The summed E-state index contributed by atoms with van der Waals surface area (Å²) >= 11 is 0. The molecule has 0 spiro atoms. The molecule has 0 bridgehead atoms. The Hall–Kier alpha value is -1.60. The molecule has 16 heavy (non-hydrogen) atoms. The summed E-state index contributed by atoms with van der Waals surface area (Å²) in [6.07, 6.45) is 9.98. The van der Waals surface area contributed by atoms with Gasteiger partial charge in [-0.2, -0.15) is 4.98 Å². The van der Waals surface area contributed by atoms with Crippen LogP contribution >= 0.6 is 0 Å². The van der Waals surface area contributed by atoms with Gasteiger partial charge >= 0.3 is 6.01 Å². The number of aliphatic hydroxyl groups is 1. The smallest absolute Gasteiger partial charge is 0.317 e. The van der Waals surface area contributed by atoms with Gasteiger partial charge in [0.2, 0.25) is 0 Å². The summed E-state index contributed by atoms with van der Waals surface area (Å²) in [6.45, 7) is 0. The first-order valence-electron chi connectivity index (χ1n) is 5.42. The Kier molecular flexibility index (Phi) is 3.37. The van der Waals surface area contributed by atoms with Crippen molar-refractivity contribution < 1.29 is 9.84 Å². The number of rotatable bonds is 2. The Morgan fingerprint density at radius 1 is 1.38 bits per heavy atom. The number of terminal acetylenes is 1. The van der Waals surface area contributed by atoms with Crippen LogP contribution in [0, 0.1) is 12.3 Å². The van der Waals surface area contributed by atoms with E-state index in [1.54, 1.807) is 12.3 Å². The van der Waals surface area contributed by atoms with E-state index in [0.717, 1.165) is 25.7 Å². The second kappa shape index (κ2) is 4.95. The van der Waals surface area contributed by atoms with Crippen molar-refractivity contribution in [3.05, 3.63) is 18.0 Å². The fourth-order valence-corrected chi connectivity index (χ4v) is 1.79. The maximum Gasteiger partial charge on any atom is 0.317 e. The number of aromatic nitrogens is 2. The van der Waals surface area contributed by atoms with Gasteiger partial charge in [0.25, 0.3) is 0 Å².